The summed E-state index contributed by atoms with van der Waals surface area (Å²) in [5.41, 5.74) is 3.85. The number of hydrogen-bond donors (Lipinski definition) is 1. The van der Waals surface area contributed by atoms with Gasteiger partial charge in [-0.25, -0.2) is 0 Å². The highest BCUT2D eigenvalue weighted by molar-refractivity contribution is 5.47. The number of benzene rings is 1. The smallest absolute Gasteiger partial charge is 0.127 e. The lowest BCUT2D eigenvalue weighted by molar-refractivity contribution is 0.00775. The first-order valence-corrected chi connectivity index (χ1v) is 9.53. The predicted molar refractivity (Wildman–Crippen MR) is 104 cm³/mol. The van der Waals surface area contributed by atoms with E-state index in [0.29, 0.717) is 11.7 Å². The molecule has 1 aromatic carbocycles. The van der Waals surface area contributed by atoms with Crippen LogP contribution in [0, 0.1) is 18.3 Å². The van der Waals surface area contributed by atoms with Crippen molar-refractivity contribution >= 4 is 0 Å². The van der Waals surface area contributed by atoms with Gasteiger partial charge in [-0.15, -0.1) is 0 Å². The zero-order valence-electron chi connectivity index (χ0n) is 16.4. The molecule has 1 N–H and O–H groups in total. The Labute approximate surface area is 152 Å². The van der Waals surface area contributed by atoms with E-state index in [1.807, 2.05) is 6.07 Å². The van der Waals surface area contributed by atoms with E-state index in [1.165, 1.54) is 11.1 Å². The molecule has 2 aliphatic rings. The molecule has 0 aromatic heterocycles. The summed E-state index contributed by atoms with van der Waals surface area (Å²) in [5, 5.41) is 9.97. The topological polar surface area (TPSA) is 29.5 Å². The number of fused-ring (bicyclic) bond motifs is 2. The molecule has 3 rings (SSSR count). The number of phenolic OH excluding ortho intramolecular Hbond substituents is 1. The van der Waals surface area contributed by atoms with Gasteiger partial charge in [0.15, 0.2) is 0 Å². The van der Waals surface area contributed by atoms with Gasteiger partial charge in [0.05, 0.1) is 0 Å². The molecule has 2 atom stereocenters. The van der Waals surface area contributed by atoms with Gasteiger partial charge in [0.1, 0.15) is 17.1 Å². The maximum atomic E-state index is 9.97. The van der Waals surface area contributed by atoms with Crippen LogP contribution in [0.15, 0.2) is 35.9 Å². The maximum absolute atomic E-state index is 9.97. The van der Waals surface area contributed by atoms with E-state index in [-0.39, 0.29) is 11.0 Å². The van der Waals surface area contributed by atoms with Crippen molar-refractivity contribution in [3.63, 3.8) is 0 Å². The maximum Gasteiger partial charge on any atom is 0.127 e. The molecule has 1 aromatic rings. The van der Waals surface area contributed by atoms with Gasteiger partial charge >= 0.3 is 0 Å². The summed E-state index contributed by atoms with van der Waals surface area (Å²) in [7, 11) is 0. The van der Waals surface area contributed by atoms with Crippen LogP contribution < -0.4 is 4.74 Å². The van der Waals surface area contributed by atoms with Crippen molar-refractivity contribution in [2.75, 3.05) is 0 Å². The Hall–Kier alpha value is -1.70. The highest BCUT2D eigenvalue weighted by Crippen LogP contribution is 2.44. The summed E-state index contributed by atoms with van der Waals surface area (Å²) >= 11 is 0. The van der Waals surface area contributed by atoms with Crippen LogP contribution in [0.5, 0.6) is 11.5 Å². The summed E-state index contributed by atoms with van der Waals surface area (Å²) < 4.78 is 6.53. The van der Waals surface area contributed by atoms with E-state index >= 15 is 0 Å². The second kappa shape index (κ2) is 6.55. The molecule has 0 spiro atoms. The Kier molecular flexibility index (Phi) is 4.74. The fourth-order valence-corrected chi connectivity index (χ4v) is 4.15. The first-order valence-electron chi connectivity index (χ1n) is 9.53. The molecular formula is C23H32O2. The average Bonchev–Trinajstić information content (AvgIpc) is 2.51. The molecule has 2 nitrogen and oxygen atoms in total. The lowest BCUT2D eigenvalue weighted by atomic mass is 9.75. The van der Waals surface area contributed by atoms with Crippen molar-refractivity contribution in [1.82, 2.24) is 0 Å². The van der Waals surface area contributed by atoms with Crippen LogP contribution in [0.4, 0.5) is 0 Å². The van der Waals surface area contributed by atoms with E-state index in [9.17, 15) is 5.11 Å². The van der Waals surface area contributed by atoms with Crippen LogP contribution in [0.2, 0.25) is 0 Å². The monoisotopic (exact) mass is 340 g/mol. The van der Waals surface area contributed by atoms with E-state index in [0.717, 1.165) is 43.4 Å². The molecule has 1 aliphatic carbocycles. The molecular weight excluding hydrogens is 308 g/mol. The quantitative estimate of drug-likeness (QED) is 0.577. The SMILES string of the molecule is C/C1=C\CC(C)(C)/C=C/C[C@@]2(C)Oc3cc(O)cc(C)c3C[C@@H]2CC1. The summed E-state index contributed by atoms with van der Waals surface area (Å²) in [6.07, 6.45) is 12.4. The first kappa shape index (κ1) is 18.1. The van der Waals surface area contributed by atoms with Crippen LogP contribution in [0.25, 0.3) is 0 Å². The van der Waals surface area contributed by atoms with Crippen molar-refractivity contribution < 1.29 is 9.84 Å². The van der Waals surface area contributed by atoms with Crippen LogP contribution in [-0.4, -0.2) is 10.7 Å². The summed E-state index contributed by atoms with van der Waals surface area (Å²) in [6.45, 7) is 11.2. The Morgan fingerprint density at radius 3 is 2.64 bits per heavy atom. The number of hydrogen-bond acceptors (Lipinski definition) is 2. The van der Waals surface area contributed by atoms with Gasteiger partial charge < -0.3 is 9.84 Å². The minimum atomic E-state index is -0.218. The van der Waals surface area contributed by atoms with Crippen molar-refractivity contribution in [3.05, 3.63) is 47.1 Å². The average molecular weight is 341 g/mol. The minimum absolute atomic E-state index is 0.179. The molecule has 0 fully saturated rings. The van der Waals surface area contributed by atoms with Crippen molar-refractivity contribution in [1.29, 1.82) is 0 Å². The lowest BCUT2D eigenvalue weighted by Crippen LogP contribution is -2.45. The van der Waals surface area contributed by atoms with Crippen molar-refractivity contribution in [2.45, 2.75) is 72.3 Å². The molecule has 0 radical (unpaired) electrons. The third-order valence-electron chi connectivity index (χ3n) is 6.03. The number of ether oxygens (including phenoxy) is 1. The third-order valence-corrected chi connectivity index (χ3v) is 6.03. The minimum Gasteiger partial charge on any atom is -0.508 e. The van der Waals surface area contributed by atoms with Gasteiger partial charge in [0, 0.05) is 18.4 Å². The molecule has 1 aliphatic heterocycles. The lowest BCUT2D eigenvalue weighted by Gasteiger charge is -2.43. The molecule has 0 saturated carbocycles. The molecule has 136 valence electrons. The van der Waals surface area contributed by atoms with Gasteiger partial charge in [-0.1, -0.05) is 37.6 Å². The van der Waals surface area contributed by atoms with Crippen molar-refractivity contribution in [2.24, 2.45) is 11.3 Å². The second-order valence-corrected chi connectivity index (χ2v) is 8.94. The standard InChI is InChI=1S/C23H32O2/c1-16-7-8-18-14-20-17(2)13-19(24)15-21(20)25-23(18,5)11-6-10-22(3,4)12-9-16/h6,9-10,13,15,18,24H,7-8,11-12,14H2,1-5H3/b10-6+,16-9+/t18-,23+/m0/s1. The molecule has 2 heteroatoms. The van der Waals surface area contributed by atoms with Gasteiger partial charge in [-0.3, -0.25) is 0 Å². The van der Waals surface area contributed by atoms with Gasteiger partial charge in [0.2, 0.25) is 0 Å². The Morgan fingerprint density at radius 2 is 1.88 bits per heavy atom. The second-order valence-electron chi connectivity index (χ2n) is 8.94. The fourth-order valence-electron chi connectivity index (χ4n) is 4.15. The largest absolute Gasteiger partial charge is 0.508 e. The van der Waals surface area contributed by atoms with Crippen LogP contribution in [0.1, 0.15) is 64.5 Å². The zero-order valence-corrected chi connectivity index (χ0v) is 16.4. The first-order chi connectivity index (χ1) is 11.7. The van der Waals surface area contributed by atoms with Crippen LogP contribution in [-0.2, 0) is 6.42 Å². The summed E-state index contributed by atoms with van der Waals surface area (Å²) in [4.78, 5) is 0. The molecule has 0 amide bonds. The Bertz CT molecular complexity index is 711. The predicted octanol–water partition coefficient (Wildman–Crippen LogP) is 6.11. The van der Waals surface area contributed by atoms with Crippen LogP contribution >= 0.6 is 0 Å². The number of allylic oxidation sites excluding steroid dienone is 3. The number of aromatic hydroxyl groups is 1. The number of rotatable bonds is 0. The zero-order chi connectivity index (χ0) is 18.2. The van der Waals surface area contributed by atoms with E-state index in [4.69, 9.17) is 4.74 Å². The molecule has 1 heterocycles. The normalized spacial score (nSPS) is 32.2. The van der Waals surface area contributed by atoms with E-state index in [1.54, 1.807) is 6.07 Å². The Morgan fingerprint density at radius 1 is 1.12 bits per heavy atom. The summed E-state index contributed by atoms with van der Waals surface area (Å²) in [5.74, 6) is 1.65. The van der Waals surface area contributed by atoms with Gasteiger partial charge in [-0.05, 0) is 69.1 Å². The Balaban J connectivity index is 1.97. The van der Waals surface area contributed by atoms with Crippen molar-refractivity contribution in [3.8, 4) is 11.5 Å². The van der Waals surface area contributed by atoms with E-state index in [2.05, 4.69) is 52.8 Å². The third kappa shape index (κ3) is 3.94. The fraction of sp³-hybridized carbons (Fsp3) is 0.565. The van der Waals surface area contributed by atoms with Crippen LogP contribution in [0.3, 0.4) is 0 Å². The molecule has 25 heavy (non-hydrogen) atoms. The van der Waals surface area contributed by atoms with E-state index < -0.39 is 0 Å². The van der Waals surface area contributed by atoms with Gasteiger partial charge in [0.25, 0.3) is 0 Å². The highest BCUT2D eigenvalue weighted by Gasteiger charge is 2.40. The number of aryl methyl sites for hydroxylation is 1. The van der Waals surface area contributed by atoms with Gasteiger partial charge in [-0.2, -0.15) is 0 Å². The molecule has 0 unspecified atom stereocenters. The number of phenols is 1. The molecule has 0 saturated heterocycles. The summed E-state index contributed by atoms with van der Waals surface area (Å²) in [6, 6.07) is 3.64. The molecule has 0 bridgehead atoms. The highest BCUT2D eigenvalue weighted by atomic mass is 16.5.